The molecule has 0 aliphatic carbocycles. The van der Waals surface area contributed by atoms with Gasteiger partial charge in [0.15, 0.2) is 0 Å². The van der Waals surface area contributed by atoms with Crippen LogP contribution in [0.5, 0.6) is 5.75 Å². The second-order valence-electron chi connectivity index (χ2n) is 2.73. The summed E-state index contributed by atoms with van der Waals surface area (Å²) in [6.45, 7) is 0.998. The highest BCUT2D eigenvalue weighted by Crippen LogP contribution is 2.11. The van der Waals surface area contributed by atoms with Gasteiger partial charge in [0.05, 0.1) is 12.6 Å². The third-order valence-corrected chi connectivity index (χ3v) is 2.24. The Morgan fingerprint density at radius 1 is 1.31 bits per heavy atom. The number of benzene rings is 1. The smallest absolute Gasteiger partial charge is 0.118 e. The molecular formula is C10H14BrNO. The standard InChI is InChI=1S/C10H14BrNO/c1-13-10-4-2-9(3-5-10)6-7-12-8-11/h2-5,12H,6-8H2,1H3. The third kappa shape index (κ3) is 3.79. The Bertz CT molecular complexity index is 235. The van der Waals surface area contributed by atoms with E-state index in [9.17, 15) is 0 Å². The highest BCUT2D eigenvalue weighted by atomic mass is 79.9. The Morgan fingerprint density at radius 3 is 2.54 bits per heavy atom. The van der Waals surface area contributed by atoms with Crippen LogP contribution < -0.4 is 10.1 Å². The van der Waals surface area contributed by atoms with E-state index in [4.69, 9.17) is 4.74 Å². The van der Waals surface area contributed by atoms with Crippen molar-refractivity contribution < 1.29 is 4.74 Å². The van der Waals surface area contributed by atoms with Crippen LogP contribution in [0.4, 0.5) is 0 Å². The fourth-order valence-electron chi connectivity index (χ4n) is 1.09. The van der Waals surface area contributed by atoms with Crippen molar-refractivity contribution in [3.05, 3.63) is 29.8 Å². The van der Waals surface area contributed by atoms with Crippen molar-refractivity contribution in [3.8, 4) is 5.75 Å². The molecule has 0 saturated carbocycles. The average molecular weight is 244 g/mol. The van der Waals surface area contributed by atoms with Crippen molar-refractivity contribution in [1.29, 1.82) is 0 Å². The number of methoxy groups -OCH3 is 1. The van der Waals surface area contributed by atoms with E-state index in [-0.39, 0.29) is 0 Å². The predicted molar refractivity (Wildman–Crippen MR) is 58.5 cm³/mol. The summed E-state index contributed by atoms with van der Waals surface area (Å²) >= 11 is 3.31. The third-order valence-electron chi connectivity index (χ3n) is 1.84. The van der Waals surface area contributed by atoms with Gasteiger partial charge >= 0.3 is 0 Å². The zero-order chi connectivity index (χ0) is 9.52. The van der Waals surface area contributed by atoms with Gasteiger partial charge in [-0.1, -0.05) is 28.1 Å². The number of halogens is 1. The van der Waals surface area contributed by atoms with Crippen molar-refractivity contribution in [2.24, 2.45) is 0 Å². The number of hydrogen-bond donors (Lipinski definition) is 1. The first-order valence-electron chi connectivity index (χ1n) is 4.26. The van der Waals surface area contributed by atoms with Gasteiger partial charge < -0.3 is 10.1 Å². The Kier molecular flexibility index (Phi) is 4.86. The van der Waals surface area contributed by atoms with Crippen LogP contribution in [0.1, 0.15) is 5.56 Å². The Hall–Kier alpha value is -0.540. The molecule has 72 valence electrons. The first-order chi connectivity index (χ1) is 6.36. The molecule has 0 fully saturated rings. The van der Waals surface area contributed by atoms with Gasteiger partial charge in [-0.2, -0.15) is 0 Å². The maximum Gasteiger partial charge on any atom is 0.118 e. The number of hydrogen-bond acceptors (Lipinski definition) is 2. The molecule has 0 unspecified atom stereocenters. The van der Waals surface area contributed by atoms with Gasteiger partial charge in [0.2, 0.25) is 0 Å². The maximum absolute atomic E-state index is 5.07. The van der Waals surface area contributed by atoms with E-state index in [0.29, 0.717) is 0 Å². The summed E-state index contributed by atoms with van der Waals surface area (Å²) in [4.78, 5) is 0. The summed E-state index contributed by atoms with van der Waals surface area (Å²) in [7, 11) is 1.68. The number of nitrogens with one attached hydrogen (secondary N) is 1. The van der Waals surface area contributed by atoms with Crippen molar-refractivity contribution in [3.63, 3.8) is 0 Å². The summed E-state index contributed by atoms with van der Waals surface area (Å²) in [5, 5.41) is 3.21. The zero-order valence-corrected chi connectivity index (χ0v) is 9.30. The molecule has 1 rings (SSSR count). The largest absolute Gasteiger partial charge is 0.497 e. The van der Waals surface area contributed by atoms with E-state index in [2.05, 4.69) is 33.4 Å². The summed E-state index contributed by atoms with van der Waals surface area (Å²) in [5.41, 5.74) is 2.18. The van der Waals surface area contributed by atoms with Crippen LogP contribution in [0.2, 0.25) is 0 Å². The molecule has 0 aliphatic heterocycles. The molecule has 1 aromatic rings. The summed E-state index contributed by atoms with van der Waals surface area (Å²) < 4.78 is 5.07. The van der Waals surface area contributed by atoms with E-state index < -0.39 is 0 Å². The second-order valence-corrected chi connectivity index (χ2v) is 3.29. The van der Waals surface area contributed by atoms with Crippen molar-refractivity contribution in [2.75, 3.05) is 19.1 Å². The second kappa shape index (κ2) is 6.00. The molecule has 0 atom stereocenters. The van der Waals surface area contributed by atoms with Crippen LogP contribution in [-0.2, 0) is 6.42 Å². The Labute approximate surface area is 87.4 Å². The minimum absolute atomic E-state index is 0.850. The van der Waals surface area contributed by atoms with Gasteiger partial charge in [0.1, 0.15) is 5.75 Å². The number of ether oxygens (including phenoxy) is 1. The van der Waals surface area contributed by atoms with E-state index in [0.717, 1.165) is 24.2 Å². The molecular weight excluding hydrogens is 230 g/mol. The summed E-state index contributed by atoms with van der Waals surface area (Å²) in [5.74, 6) is 0.914. The zero-order valence-electron chi connectivity index (χ0n) is 7.72. The first-order valence-corrected chi connectivity index (χ1v) is 5.38. The lowest BCUT2D eigenvalue weighted by atomic mass is 10.1. The van der Waals surface area contributed by atoms with E-state index >= 15 is 0 Å². The molecule has 0 bridgehead atoms. The van der Waals surface area contributed by atoms with Gasteiger partial charge in [-0.15, -0.1) is 0 Å². The molecule has 0 spiro atoms. The van der Waals surface area contributed by atoms with Crippen LogP contribution in [0, 0.1) is 0 Å². The van der Waals surface area contributed by atoms with Crippen molar-refractivity contribution in [2.45, 2.75) is 6.42 Å². The van der Waals surface area contributed by atoms with Crippen molar-refractivity contribution >= 4 is 15.9 Å². The normalized spacial score (nSPS) is 10.0. The molecule has 0 amide bonds. The molecule has 0 aliphatic rings. The predicted octanol–water partition coefficient (Wildman–Crippen LogP) is 2.18. The molecule has 3 heteroatoms. The van der Waals surface area contributed by atoms with Gasteiger partial charge in [-0.3, -0.25) is 0 Å². The quantitative estimate of drug-likeness (QED) is 0.487. The minimum Gasteiger partial charge on any atom is -0.497 e. The molecule has 0 aromatic heterocycles. The molecule has 13 heavy (non-hydrogen) atoms. The molecule has 1 aromatic carbocycles. The first kappa shape index (κ1) is 10.5. The lowest BCUT2D eigenvalue weighted by Crippen LogP contribution is -2.14. The Balaban J connectivity index is 2.40. The fourth-order valence-corrected chi connectivity index (χ4v) is 1.37. The molecule has 0 heterocycles. The van der Waals surface area contributed by atoms with Crippen LogP contribution in [0.3, 0.4) is 0 Å². The topological polar surface area (TPSA) is 21.3 Å². The van der Waals surface area contributed by atoms with Gasteiger partial charge in [0.25, 0.3) is 0 Å². The van der Waals surface area contributed by atoms with Crippen LogP contribution in [-0.4, -0.2) is 19.1 Å². The molecule has 0 radical (unpaired) electrons. The van der Waals surface area contributed by atoms with Crippen LogP contribution in [0.15, 0.2) is 24.3 Å². The molecule has 1 N–H and O–H groups in total. The van der Waals surface area contributed by atoms with Gasteiger partial charge in [-0.25, -0.2) is 0 Å². The summed E-state index contributed by atoms with van der Waals surface area (Å²) in [6, 6.07) is 8.16. The van der Waals surface area contributed by atoms with E-state index in [1.807, 2.05) is 12.1 Å². The number of rotatable bonds is 5. The lowest BCUT2D eigenvalue weighted by molar-refractivity contribution is 0.414. The van der Waals surface area contributed by atoms with Crippen LogP contribution in [0.25, 0.3) is 0 Å². The average Bonchev–Trinajstić information content (AvgIpc) is 2.19. The fraction of sp³-hybridized carbons (Fsp3) is 0.400. The highest BCUT2D eigenvalue weighted by molar-refractivity contribution is 9.09. The maximum atomic E-state index is 5.07. The minimum atomic E-state index is 0.850. The molecule has 0 saturated heterocycles. The van der Waals surface area contributed by atoms with Gasteiger partial charge in [0, 0.05) is 0 Å². The highest BCUT2D eigenvalue weighted by Gasteiger charge is 1.93. The van der Waals surface area contributed by atoms with Gasteiger partial charge in [-0.05, 0) is 30.7 Å². The summed E-state index contributed by atoms with van der Waals surface area (Å²) in [6.07, 6.45) is 1.05. The Morgan fingerprint density at radius 2 is 2.00 bits per heavy atom. The lowest BCUT2D eigenvalue weighted by Gasteiger charge is -2.03. The SMILES string of the molecule is COc1ccc(CCNCBr)cc1. The van der Waals surface area contributed by atoms with E-state index in [1.165, 1.54) is 5.56 Å². The van der Waals surface area contributed by atoms with Crippen molar-refractivity contribution in [1.82, 2.24) is 5.32 Å². The molecule has 2 nitrogen and oxygen atoms in total. The van der Waals surface area contributed by atoms with Crippen LogP contribution >= 0.6 is 15.9 Å². The number of alkyl halides is 1. The van der Waals surface area contributed by atoms with E-state index in [1.54, 1.807) is 7.11 Å². The monoisotopic (exact) mass is 243 g/mol.